The van der Waals surface area contributed by atoms with Crippen molar-refractivity contribution in [1.29, 1.82) is 0 Å². The van der Waals surface area contributed by atoms with Crippen LogP contribution in [0.4, 0.5) is 10.7 Å². The number of anilines is 2. The average Bonchev–Trinajstić information content (AvgIpc) is 3.14. The Hall–Kier alpha value is -1.23. The number of carbonyl (C=O) groups excluding carboxylic acids is 1. The number of thiophene rings is 1. The number of rotatable bonds is 5. The molecule has 1 aliphatic carbocycles. The van der Waals surface area contributed by atoms with E-state index in [0.717, 1.165) is 5.00 Å². The minimum Gasteiger partial charge on any atom is -0.397 e. The molecule has 0 radical (unpaired) electrons. The average molecular weight is 295 g/mol. The molecule has 3 N–H and O–H groups in total. The van der Waals surface area contributed by atoms with Crippen LogP contribution in [-0.2, 0) is 0 Å². The summed E-state index contributed by atoms with van der Waals surface area (Å²) < 4.78 is 0. The summed E-state index contributed by atoms with van der Waals surface area (Å²) in [5, 5.41) is 4.65. The standard InChI is InChI=1S/C15H25N3OS/c1-8(2)9(3)17-14-11(10-6-7-10)12(16)13(20-14)15(19)18(4)5/h8-10,17H,6-7,16H2,1-5H3. The molecule has 20 heavy (non-hydrogen) atoms. The Morgan fingerprint density at radius 3 is 2.40 bits per heavy atom. The highest BCUT2D eigenvalue weighted by Gasteiger charge is 2.33. The topological polar surface area (TPSA) is 58.4 Å². The fraction of sp³-hybridized carbons (Fsp3) is 0.667. The predicted octanol–water partition coefficient (Wildman–Crippen LogP) is 3.37. The number of nitrogens with two attached hydrogens (primary N) is 1. The van der Waals surface area contributed by atoms with E-state index in [1.165, 1.54) is 29.7 Å². The Kier molecular flexibility index (Phi) is 4.28. The van der Waals surface area contributed by atoms with E-state index < -0.39 is 0 Å². The Bertz CT molecular complexity index is 503. The summed E-state index contributed by atoms with van der Waals surface area (Å²) in [6.07, 6.45) is 2.36. The van der Waals surface area contributed by atoms with E-state index in [4.69, 9.17) is 5.73 Å². The van der Waals surface area contributed by atoms with Crippen LogP contribution in [0, 0.1) is 5.92 Å². The Morgan fingerprint density at radius 2 is 1.95 bits per heavy atom. The minimum absolute atomic E-state index is 0.000324. The van der Waals surface area contributed by atoms with E-state index in [2.05, 4.69) is 26.1 Å². The van der Waals surface area contributed by atoms with Crippen molar-refractivity contribution in [2.75, 3.05) is 25.1 Å². The maximum absolute atomic E-state index is 12.2. The van der Waals surface area contributed by atoms with Crippen molar-refractivity contribution >= 4 is 27.9 Å². The normalized spacial score (nSPS) is 16.3. The van der Waals surface area contributed by atoms with Crippen molar-refractivity contribution < 1.29 is 4.79 Å². The molecule has 1 aliphatic rings. The van der Waals surface area contributed by atoms with E-state index in [1.807, 2.05) is 0 Å². The molecular formula is C15H25N3OS. The van der Waals surface area contributed by atoms with E-state index in [-0.39, 0.29) is 5.91 Å². The van der Waals surface area contributed by atoms with Gasteiger partial charge in [-0.3, -0.25) is 4.79 Å². The lowest BCUT2D eigenvalue weighted by molar-refractivity contribution is 0.0833. The molecule has 4 nitrogen and oxygen atoms in total. The zero-order chi connectivity index (χ0) is 15.0. The third-order valence-electron chi connectivity index (χ3n) is 3.93. The van der Waals surface area contributed by atoms with Crippen LogP contribution < -0.4 is 11.1 Å². The zero-order valence-corrected chi connectivity index (χ0v) is 13.8. The zero-order valence-electron chi connectivity index (χ0n) is 13.0. The van der Waals surface area contributed by atoms with Gasteiger partial charge in [0.25, 0.3) is 5.91 Å². The lowest BCUT2D eigenvalue weighted by Crippen LogP contribution is -2.21. The van der Waals surface area contributed by atoms with Gasteiger partial charge in [-0.05, 0) is 31.6 Å². The third-order valence-corrected chi connectivity index (χ3v) is 5.07. The maximum Gasteiger partial charge on any atom is 0.265 e. The lowest BCUT2D eigenvalue weighted by Gasteiger charge is -2.18. The smallest absolute Gasteiger partial charge is 0.265 e. The summed E-state index contributed by atoms with van der Waals surface area (Å²) in [6, 6.07) is 0.368. The molecule has 1 heterocycles. The van der Waals surface area contributed by atoms with Crippen LogP contribution in [0.5, 0.6) is 0 Å². The summed E-state index contributed by atoms with van der Waals surface area (Å²) >= 11 is 1.51. The van der Waals surface area contributed by atoms with Gasteiger partial charge < -0.3 is 16.0 Å². The number of nitrogen functional groups attached to an aromatic ring is 1. The van der Waals surface area contributed by atoms with Crippen LogP contribution in [0.1, 0.15) is 54.8 Å². The molecule has 1 aromatic heterocycles. The number of hydrogen-bond acceptors (Lipinski definition) is 4. The Morgan fingerprint density at radius 1 is 1.35 bits per heavy atom. The molecule has 0 saturated heterocycles. The minimum atomic E-state index is -0.000324. The monoisotopic (exact) mass is 295 g/mol. The van der Waals surface area contributed by atoms with Crippen molar-refractivity contribution in [3.05, 3.63) is 10.4 Å². The van der Waals surface area contributed by atoms with Gasteiger partial charge in [0.2, 0.25) is 0 Å². The highest BCUT2D eigenvalue weighted by atomic mass is 32.1. The highest BCUT2D eigenvalue weighted by Crippen LogP contribution is 2.51. The lowest BCUT2D eigenvalue weighted by atomic mass is 10.1. The van der Waals surface area contributed by atoms with Crippen LogP contribution in [-0.4, -0.2) is 30.9 Å². The van der Waals surface area contributed by atoms with Gasteiger partial charge in [0.1, 0.15) is 4.88 Å². The van der Waals surface area contributed by atoms with Crippen molar-refractivity contribution in [3.63, 3.8) is 0 Å². The molecule has 1 aromatic rings. The van der Waals surface area contributed by atoms with Crippen molar-refractivity contribution in [2.24, 2.45) is 5.92 Å². The van der Waals surface area contributed by atoms with Gasteiger partial charge in [-0.1, -0.05) is 13.8 Å². The number of carbonyl (C=O) groups is 1. The molecular weight excluding hydrogens is 270 g/mol. The van der Waals surface area contributed by atoms with Gasteiger partial charge >= 0.3 is 0 Å². The molecule has 1 atom stereocenters. The summed E-state index contributed by atoms with van der Waals surface area (Å²) in [7, 11) is 3.53. The highest BCUT2D eigenvalue weighted by molar-refractivity contribution is 7.18. The second kappa shape index (κ2) is 5.64. The number of nitrogens with one attached hydrogen (secondary N) is 1. The van der Waals surface area contributed by atoms with E-state index in [0.29, 0.717) is 28.4 Å². The van der Waals surface area contributed by atoms with Gasteiger partial charge in [0, 0.05) is 25.7 Å². The predicted molar refractivity (Wildman–Crippen MR) is 86.6 cm³/mol. The maximum atomic E-state index is 12.2. The number of hydrogen-bond donors (Lipinski definition) is 2. The largest absolute Gasteiger partial charge is 0.397 e. The van der Waals surface area contributed by atoms with Crippen LogP contribution in [0.3, 0.4) is 0 Å². The molecule has 1 fully saturated rings. The molecule has 1 unspecified atom stereocenters. The first-order chi connectivity index (χ1) is 9.32. The van der Waals surface area contributed by atoms with Crippen LogP contribution in [0.15, 0.2) is 0 Å². The molecule has 1 saturated carbocycles. The SMILES string of the molecule is CC(C)C(C)Nc1sc(C(=O)N(C)C)c(N)c1C1CC1. The summed E-state index contributed by atoms with van der Waals surface area (Å²) in [5.74, 6) is 1.08. The molecule has 0 aliphatic heterocycles. The third kappa shape index (κ3) is 2.92. The summed E-state index contributed by atoms with van der Waals surface area (Å²) in [6.45, 7) is 6.55. The van der Waals surface area contributed by atoms with Crippen molar-refractivity contribution in [1.82, 2.24) is 4.90 Å². The van der Waals surface area contributed by atoms with Gasteiger partial charge in [0.05, 0.1) is 10.7 Å². The van der Waals surface area contributed by atoms with Crippen molar-refractivity contribution in [2.45, 2.75) is 45.6 Å². The summed E-state index contributed by atoms with van der Waals surface area (Å²) in [5.41, 5.74) is 8.12. The molecule has 5 heteroatoms. The number of amides is 1. The molecule has 1 amide bonds. The first-order valence-electron chi connectivity index (χ1n) is 7.23. The van der Waals surface area contributed by atoms with Gasteiger partial charge in [0.15, 0.2) is 0 Å². The van der Waals surface area contributed by atoms with Crippen molar-refractivity contribution in [3.8, 4) is 0 Å². The molecule has 0 bridgehead atoms. The fourth-order valence-corrected chi connectivity index (χ4v) is 3.40. The van der Waals surface area contributed by atoms with Crippen LogP contribution in [0.25, 0.3) is 0 Å². The molecule has 112 valence electrons. The van der Waals surface area contributed by atoms with Gasteiger partial charge in [-0.2, -0.15) is 0 Å². The van der Waals surface area contributed by atoms with Gasteiger partial charge in [-0.15, -0.1) is 11.3 Å². The molecule has 0 aromatic carbocycles. The van der Waals surface area contributed by atoms with Crippen LogP contribution in [0.2, 0.25) is 0 Å². The fourth-order valence-electron chi connectivity index (χ4n) is 2.08. The van der Waals surface area contributed by atoms with E-state index in [9.17, 15) is 4.79 Å². The first kappa shape index (κ1) is 15.2. The van der Waals surface area contributed by atoms with E-state index >= 15 is 0 Å². The quantitative estimate of drug-likeness (QED) is 0.875. The number of nitrogens with zero attached hydrogens (tertiary/aromatic N) is 1. The molecule has 0 spiro atoms. The Balaban J connectivity index is 2.35. The van der Waals surface area contributed by atoms with Gasteiger partial charge in [-0.25, -0.2) is 0 Å². The summed E-state index contributed by atoms with van der Waals surface area (Å²) in [4.78, 5) is 14.5. The van der Waals surface area contributed by atoms with E-state index in [1.54, 1.807) is 19.0 Å². The Labute approximate surface area is 125 Å². The first-order valence-corrected chi connectivity index (χ1v) is 8.04. The second-order valence-corrected chi connectivity index (χ2v) is 7.26. The van der Waals surface area contributed by atoms with Crippen LogP contribution >= 0.6 is 11.3 Å². The molecule has 2 rings (SSSR count). The second-order valence-electron chi connectivity index (χ2n) is 6.24.